The number of carbonyl (C=O) groups is 2. The van der Waals surface area contributed by atoms with Crippen LogP contribution in [0.2, 0.25) is 0 Å². The molecule has 8 heteroatoms. The molecule has 1 aliphatic carbocycles. The maximum absolute atomic E-state index is 13.0. The lowest BCUT2D eigenvalue weighted by molar-refractivity contribution is -0.131. The Labute approximate surface area is 192 Å². The van der Waals surface area contributed by atoms with Gasteiger partial charge in [0.05, 0.1) is 0 Å². The summed E-state index contributed by atoms with van der Waals surface area (Å²) >= 11 is 0. The molecule has 1 fully saturated rings. The van der Waals surface area contributed by atoms with Crippen molar-refractivity contribution in [3.63, 3.8) is 0 Å². The van der Waals surface area contributed by atoms with Gasteiger partial charge in [-0.3, -0.25) is 9.59 Å². The molecule has 0 saturated heterocycles. The van der Waals surface area contributed by atoms with Crippen LogP contribution in [0.25, 0.3) is 22.5 Å². The molecular formula is C25H28N6O2. The Kier molecular flexibility index (Phi) is 7.02. The molecular weight excluding hydrogens is 416 g/mol. The Hall–Kier alpha value is -3.68. The number of carbonyl (C=O) groups excluding carboxylic acids is 2. The van der Waals surface area contributed by atoms with Gasteiger partial charge in [0.1, 0.15) is 5.54 Å². The fourth-order valence-corrected chi connectivity index (χ4v) is 4.25. The van der Waals surface area contributed by atoms with Crippen molar-refractivity contribution in [3.05, 3.63) is 54.1 Å². The van der Waals surface area contributed by atoms with E-state index in [1.807, 2.05) is 55.5 Å². The van der Waals surface area contributed by atoms with Crippen LogP contribution in [0.5, 0.6) is 0 Å². The molecule has 1 heterocycles. The predicted molar refractivity (Wildman–Crippen MR) is 127 cm³/mol. The monoisotopic (exact) mass is 444 g/mol. The lowest BCUT2D eigenvalue weighted by Gasteiger charge is -2.26. The lowest BCUT2D eigenvalue weighted by Crippen LogP contribution is -2.52. The highest BCUT2D eigenvalue weighted by Gasteiger charge is 2.42. The summed E-state index contributed by atoms with van der Waals surface area (Å²) in [5, 5.41) is 17.3. The van der Waals surface area contributed by atoms with Crippen LogP contribution in [-0.4, -0.2) is 44.2 Å². The minimum Gasteiger partial charge on any atom is -0.342 e. The predicted octanol–water partition coefficient (Wildman–Crippen LogP) is 4.10. The number of aromatic nitrogens is 4. The largest absolute Gasteiger partial charge is 0.342 e. The summed E-state index contributed by atoms with van der Waals surface area (Å²) in [6.45, 7) is 2.04. The average molecular weight is 445 g/mol. The Morgan fingerprint density at radius 1 is 1.09 bits per heavy atom. The second-order valence-electron chi connectivity index (χ2n) is 8.41. The second-order valence-corrected chi connectivity index (χ2v) is 8.41. The number of tetrazole rings is 1. The number of H-pyrrole nitrogens is 1. The molecule has 1 aliphatic rings. The van der Waals surface area contributed by atoms with Gasteiger partial charge in [-0.25, -0.2) is 4.99 Å². The van der Waals surface area contributed by atoms with Crippen molar-refractivity contribution in [2.45, 2.75) is 57.4 Å². The fraction of sp³-hybridized carbons (Fsp3) is 0.360. The summed E-state index contributed by atoms with van der Waals surface area (Å²) in [5.74, 6) is 0.202. The minimum absolute atomic E-state index is 0.0630. The van der Waals surface area contributed by atoms with Gasteiger partial charge in [-0.15, -0.1) is 10.2 Å². The number of benzene rings is 2. The van der Waals surface area contributed by atoms with E-state index in [1.54, 1.807) is 6.21 Å². The van der Waals surface area contributed by atoms with Crippen LogP contribution in [0.4, 0.5) is 0 Å². The molecule has 0 unspecified atom stereocenters. The molecule has 3 aromatic rings. The van der Waals surface area contributed by atoms with Crippen LogP contribution >= 0.6 is 0 Å². The molecule has 2 amide bonds. The highest BCUT2D eigenvalue weighted by molar-refractivity contribution is 5.99. The second kappa shape index (κ2) is 10.3. The summed E-state index contributed by atoms with van der Waals surface area (Å²) in [6, 6.07) is 15.6. The van der Waals surface area contributed by atoms with Gasteiger partial charge in [0.15, 0.2) is 0 Å². The highest BCUT2D eigenvalue weighted by Crippen LogP contribution is 2.32. The lowest BCUT2D eigenvalue weighted by atomic mass is 9.96. The summed E-state index contributed by atoms with van der Waals surface area (Å²) in [5.41, 5.74) is 2.82. The molecule has 1 aromatic heterocycles. The maximum Gasteiger partial charge on any atom is 0.271 e. The van der Waals surface area contributed by atoms with Gasteiger partial charge in [0.2, 0.25) is 11.7 Å². The topological polar surface area (TPSA) is 113 Å². The Morgan fingerprint density at radius 2 is 1.82 bits per heavy atom. The standard InChI is InChI=1S/C25H28N6O2/c1-2-3-10-22(32)27-25(15-6-7-16-25)24(33)26-17-18-11-13-19(14-12-18)20-8-4-5-9-21(20)23-28-30-31-29-23/h4-5,8-9,11-14,17H,2-3,6-7,10,15-16H2,1H3,(H,27,32)(H,28,29,30,31). The first-order chi connectivity index (χ1) is 16.1. The van der Waals surface area contributed by atoms with E-state index in [1.165, 1.54) is 0 Å². The van der Waals surface area contributed by atoms with E-state index in [9.17, 15) is 9.59 Å². The van der Waals surface area contributed by atoms with Gasteiger partial charge in [0.25, 0.3) is 5.91 Å². The molecule has 0 radical (unpaired) electrons. The summed E-state index contributed by atoms with van der Waals surface area (Å²) in [4.78, 5) is 29.5. The van der Waals surface area contributed by atoms with Crippen LogP contribution in [0.3, 0.4) is 0 Å². The third kappa shape index (κ3) is 5.22. The number of nitrogens with one attached hydrogen (secondary N) is 2. The van der Waals surface area contributed by atoms with E-state index in [0.717, 1.165) is 47.9 Å². The van der Waals surface area contributed by atoms with Crippen LogP contribution in [0.15, 0.2) is 53.5 Å². The summed E-state index contributed by atoms with van der Waals surface area (Å²) in [7, 11) is 0. The molecule has 0 atom stereocenters. The van der Waals surface area contributed by atoms with Crippen LogP contribution in [-0.2, 0) is 9.59 Å². The number of amides is 2. The number of aromatic amines is 1. The molecule has 4 rings (SSSR count). The quantitative estimate of drug-likeness (QED) is 0.508. The summed E-state index contributed by atoms with van der Waals surface area (Å²) in [6.07, 6.45) is 6.93. The van der Waals surface area contributed by atoms with Crippen LogP contribution in [0.1, 0.15) is 57.4 Å². The molecule has 2 aromatic carbocycles. The van der Waals surface area contributed by atoms with E-state index < -0.39 is 5.54 Å². The third-order valence-electron chi connectivity index (χ3n) is 6.07. The smallest absolute Gasteiger partial charge is 0.271 e. The van der Waals surface area contributed by atoms with Crippen molar-refractivity contribution in [2.75, 3.05) is 0 Å². The van der Waals surface area contributed by atoms with Gasteiger partial charge in [-0.05, 0) is 41.2 Å². The van der Waals surface area contributed by atoms with Crippen molar-refractivity contribution in [3.8, 4) is 22.5 Å². The number of hydrogen-bond acceptors (Lipinski definition) is 5. The molecule has 8 nitrogen and oxygen atoms in total. The molecule has 0 aliphatic heterocycles. The zero-order valence-corrected chi connectivity index (χ0v) is 18.8. The maximum atomic E-state index is 13.0. The third-order valence-corrected chi connectivity index (χ3v) is 6.07. The zero-order valence-electron chi connectivity index (χ0n) is 18.8. The molecule has 170 valence electrons. The first kappa shape index (κ1) is 22.5. The van der Waals surface area contributed by atoms with Crippen molar-refractivity contribution in [2.24, 2.45) is 4.99 Å². The Balaban J connectivity index is 1.48. The van der Waals surface area contributed by atoms with Crippen molar-refractivity contribution < 1.29 is 9.59 Å². The van der Waals surface area contributed by atoms with E-state index in [-0.39, 0.29) is 11.8 Å². The summed E-state index contributed by atoms with van der Waals surface area (Å²) < 4.78 is 0. The van der Waals surface area contributed by atoms with Gasteiger partial charge >= 0.3 is 0 Å². The van der Waals surface area contributed by atoms with Gasteiger partial charge in [-0.2, -0.15) is 5.21 Å². The molecule has 0 spiro atoms. The van der Waals surface area contributed by atoms with E-state index in [4.69, 9.17) is 0 Å². The molecule has 0 bridgehead atoms. The Morgan fingerprint density at radius 3 is 2.48 bits per heavy atom. The molecule has 2 N–H and O–H groups in total. The first-order valence-corrected chi connectivity index (χ1v) is 11.4. The number of rotatable bonds is 8. The van der Waals surface area contributed by atoms with E-state index in [2.05, 4.69) is 30.9 Å². The number of unbranched alkanes of at least 4 members (excludes halogenated alkanes) is 1. The van der Waals surface area contributed by atoms with Crippen molar-refractivity contribution in [1.82, 2.24) is 25.9 Å². The van der Waals surface area contributed by atoms with Gasteiger partial charge in [-0.1, -0.05) is 74.7 Å². The molecule has 1 saturated carbocycles. The fourth-order valence-electron chi connectivity index (χ4n) is 4.25. The Bertz CT molecular complexity index is 1120. The van der Waals surface area contributed by atoms with Crippen LogP contribution < -0.4 is 5.32 Å². The number of hydrogen-bond donors (Lipinski definition) is 2. The van der Waals surface area contributed by atoms with Crippen molar-refractivity contribution in [1.29, 1.82) is 0 Å². The zero-order chi connectivity index (χ0) is 23.1. The van der Waals surface area contributed by atoms with E-state index >= 15 is 0 Å². The molecule has 33 heavy (non-hydrogen) atoms. The first-order valence-electron chi connectivity index (χ1n) is 11.4. The highest BCUT2D eigenvalue weighted by atomic mass is 16.2. The van der Waals surface area contributed by atoms with E-state index in [0.29, 0.717) is 25.1 Å². The van der Waals surface area contributed by atoms with Gasteiger partial charge < -0.3 is 5.32 Å². The van der Waals surface area contributed by atoms with Crippen molar-refractivity contribution >= 4 is 18.0 Å². The van der Waals surface area contributed by atoms with Gasteiger partial charge in [0, 0.05) is 18.2 Å². The SMILES string of the molecule is CCCCC(=O)NC1(C(=O)N=Cc2ccc(-c3ccccc3-c3nn[nH]n3)cc2)CCCC1. The minimum atomic E-state index is -0.856. The number of aliphatic imine (C=N–C) groups is 1. The normalized spacial score (nSPS) is 15.1. The van der Waals surface area contributed by atoms with Crippen LogP contribution in [0, 0.1) is 0 Å². The number of nitrogens with zero attached hydrogens (tertiary/aromatic N) is 4. The average Bonchev–Trinajstić information content (AvgIpc) is 3.55.